The minimum atomic E-state index is -0.356. The highest BCUT2D eigenvalue weighted by Crippen LogP contribution is 2.30. The molecule has 0 aliphatic carbocycles. The van der Waals surface area contributed by atoms with Crippen LogP contribution in [0.25, 0.3) is 22.2 Å². The Morgan fingerprint density at radius 3 is 2.68 bits per heavy atom. The molecule has 1 amide bonds. The SMILES string of the molecule is C=CC(=O)Nc1cc(-c2cccc3cnc(Nc4ccc(N5CCN(C)CC5)cc4)nc23)on1. The van der Waals surface area contributed by atoms with E-state index < -0.39 is 0 Å². The monoisotopic (exact) mass is 455 g/mol. The lowest BCUT2D eigenvalue weighted by Gasteiger charge is -2.34. The number of nitrogens with one attached hydrogen (secondary N) is 2. The molecule has 4 aromatic rings. The first-order valence-corrected chi connectivity index (χ1v) is 11.1. The first kappa shape index (κ1) is 21.6. The van der Waals surface area contributed by atoms with Crippen molar-refractivity contribution in [2.45, 2.75) is 0 Å². The molecule has 1 aliphatic rings. The zero-order valence-corrected chi connectivity index (χ0v) is 18.9. The summed E-state index contributed by atoms with van der Waals surface area (Å²) < 4.78 is 5.45. The van der Waals surface area contributed by atoms with Crippen molar-refractivity contribution < 1.29 is 9.32 Å². The van der Waals surface area contributed by atoms with Gasteiger partial charge in [-0.1, -0.05) is 23.9 Å². The summed E-state index contributed by atoms with van der Waals surface area (Å²) in [4.78, 5) is 25.5. The average molecular weight is 456 g/mol. The summed E-state index contributed by atoms with van der Waals surface area (Å²) in [6.45, 7) is 7.64. The molecule has 1 aliphatic heterocycles. The Morgan fingerprint density at radius 1 is 1.12 bits per heavy atom. The second-order valence-electron chi connectivity index (χ2n) is 8.17. The Kier molecular flexibility index (Phi) is 5.92. The van der Waals surface area contributed by atoms with Crippen molar-refractivity contribution >= 4 is 40.0 Å². The molecule has 2 N–H and O–H groups in total. The van der Waals surface area contributed by atoms with Gasteiger partial charge in [0.05, 0.1) is 5.52 Å². The van der Waals surface area contributed by atoms with Crippen LogP contribution >= 0.6 is 0 Å². The van der Waals surface area contributed by atoms with Crippen LogP contribution in [0, 0.1) is 0 Å². The molecule has 0 bridgehead atoms. The summed E-state index contributed by atoms with van der Waals surface area (Å²) >= 11 is 0. The van der Waals surface area contributed by atoms with Crippen LogP contribution < -0.4 is 15.5 Å². The second-order valence-corrected chi connectivity index (χ2v) is 8.17. The van der Waals surface area contributed by atoms with Crippen LogP contribution in [-0.4, -0.2) is 59.2 Å². The molecule has 2 aromatic carbocycles. The van der Waals surface area contributed by atoms with Crippen molar-refractivity contribution in [2.24, 2.45) is 0 Å². The number of para-hydroxylation sites is 1. The predicted octanol–water partition coefficient (Wildman–Crippen LogP) is 3.90. The Morgan fingerprint density at radius 2 is 1.91 bits per heavy atom. The molecule has 172 valence electrons. The molecule has 2 aromatic heterocycles. The minimum absolute atomic E-state index is 0.310. The number of amides is 1. The van der Waals surface area contributed by atoms with Gasteiger partial charge in [-0.3, -0.25) is 4.79 Å². The van der Waals surface area contributed by atoms with Gasteiger partial charge >= 0.3 is 0 Å². The molecule has 1 fully saturated rings. The summed E-state index contributed by atoms with van der Waals surface area (Å²) in [6, 6.07) is 15.7. The highest BCUT2D eigenvalue weighted by atomic mass is 16.5. The third-order valence-corrected chi connectivity index (χ3v) is 5.82. The smallest absolute Gasteiger partial charge is 0.249 e. The fraction of sp³-hybridized carbons (Fsp3) is 0.200. The largest absolute Gasteiger partial charge is 0.369 e. The van der Waals surface area contributed by atoms with E-state index >= 15 is 0 Å². The summed E-state index contributed by atoms with van der Waals surface area (Å²) in [5.74, 6) is 0.924. The Labute approximate surface area is 197 Å². The maximum atomic E-state index is 11.5. The van der Waals surface area contributed by atoms with Crippen molar-refractivity contribution in [3.63, 3.8) is 0 Å². The summed E-state index contributed by atoms with van der Waals surface area (Å²) in [5, 5.41) is 10.6. The molecule has 3 heterocycles. The van der Waals surface area contributed by atoms with Crippen molar-refractivity contribution in [1.29, 1.82) is 0 Å². The molecule has 5 rings (SSSR count). The van der Waals surface area contributed by atoms with E-state index in [4.69, 9.17) is 9.51 Å². The zero-order valence-electron chi connectivity index (χ0n) is 18.9. The van der Waals surface area contributed by atoms with Gasteiger partial charge in [0.25, 0.3) is 0 Å². The summed E-state index contributed by atoms with van der Waals surface area (Å²) in [6.07, 6.45) is 2.94. The number of anilines is 4. The number of hydrogen-bond donors (Lipinski definition) is 2. The lowest BCUT2D eigenvalue weighted by atomic mass is 10.1. The Hall–Kier alpha value is -4.24. The van der Waals surface area contributed by atoms with E-state index in [-0.39, 0.29) is 5.91 Å². The van der Waals surface area contributed by atoms with Crippen molar-refractivity contribution in [2.75, 3.05) is 48.8 Å². The van der Waals surface area contributed by atoms with E-state index in [2.05, 4.69) is 56.3 Å². The van der Waals surface area contributed by atoms with Gasteiger partial charge in [-0.2, -0.15) is 0 Å². The lowest BCUT2D eigenvalue weighted by Crippen LogP contribution is -2.44. The van der Waals surface area contributed by atoms with E-state index in [1.165, 1.54) is 11.8 Å². The fourth-order valence-electron chi connectivity index (χ4n) is 3.90. The standard InChI is InChI=1S/C25H25N7O2/c1-3-23(33)28-22-15-21(34-30-22)20-6-4-5-17-16-26-25(29-24(17)20)27-18-7-9-19(10-8-18)32-13-11-31(2)12-14-32/h3-10,15-16H,1,11-14H2,2H3,(H,26,27,29)(H,28,30,33). The van der Waals surface area contributed by atoms with Crippen LogP contribution in [0.2, 0.25) is 0 Å². The van der Waals surface area contributed by atoms with E-state index in [9.17, 15) is 4.79 Å². The molecule has 9 heteroatoms. The molecule has 0 radical (unpaired) electrons. The predicted molar refractivity (Wildman–Crippen MR) is 133 cm³/mol. The van der Waals surface area contributed by atoms with E-state index in [0.717, 1.165) is 42.8 Å². The lowest BCUT2D eigenvalue weighted by molar-refractivity contribution is -0.111. The molecule has 0 unspecified atom stereocenters. The average Bonchev–Trinajstić information content (AvgIpc) is 3.32. The number of aromatic nitrogens is 3. The van der Waals surface area contributed by atoms with E-state index in [1.54, 1.807) is 12.3 Å². The molecule has 1 saturated heterocycles. The van der Waals surface area contributed by atoms with Crippen molar-refractivity contribution in [1.82, 2.24) is 20.0 Å². The minimum Gasteiger partial charge on any atom is -0.369 e. The first-order chi connectivity index (χ1) is 16.6. The summed E-state index contributed by atoms with van der Waals surface area (Å²) in [5.41, 5.74) is 3.58. The van der Waals surface area contributed by atoms with Gasteiger partial charge in [0.15, 0.2) is 11.6 Å². The molecule has 9 nitrogen and oxygen atoms in total. The van der Waals surface area contributed by atoms with E-state index in [1.807, 2.05) is 30.3 Å². The number of rotatable bonds is 6. The highest BCUT2D eigenvalue weighted by molar-refractivity contribution is 5.99. The van der Waals surface area contributed by atoms with Gasteiger partial charge in [-0.25, -0.2) is 9.97 Å². The molecule has 0 saturated carbocycles. The van der Waals surface area contributed by atoms with Crippen LogP contribution in [0.15, 0.2) is 71.9 Å². The number of carbonyl (C=O) groups is 1. The second kappa shape index (κ2) is 9.32. The van der Waals surface area contributed by atoms with Crippen LogP contribution in [0.5, 0.6) is 0 Å². The first-order valence-electron chi connectivity index (χ1n) is 11.1. The topological polar surface area (TPSA) is 99.4 Å². The normalized spacial score (nSPS) is 14.2. The third kappa shape index (κ3) is 4.60. The van der Waals surface area contributed by atoms with Crippen LogP contribution in [0.3, 0.4) is 0 Å². The molecular formula is C25H25N7O2. The Bertz CT molecular complexity index is 1320. The molecule has 34 heavy (non-hydrogen) atoms. The highest BCUT2D eigenvalue weighted by Gasteiger charge is 2.15. The van der Waals surface area contributed by atoms with Gasteiger partial charge in [-0.15, -0.1) is 0 Å². The fourth-order valence-corrected chi connectivity index (χ4v) is 3.90. The maximum absolute atomic E-state index is 11.5. The van der Waals surface area contributed by atoms with Crippen LogP contribution in [0.4, 0.5) is 23.1 Å². The van der Waals surface area contributed by atoms with Gasteiger partial charge in [-0.05, 0) is 43.5 Å². The van der Waals surface area contributed by atoms with Crippen LogP contribution in [0.1, 0.15) is 0 Å². The number of carbonyl (C=O) groups excluding carboxylic acids is 1. The zero-order chi connectivity index (χ0) is 23.5. The van der Waals surface area contributed by atoms with Crippen molar-refractivity contribution in [3.05, 3.63) is 67.4 Å². The van der Waals surface area contributed by atoms with Gasteiger partial charge in [0.1, 0.15) is 0 Å². The maximum Gasteiger partial charge on any atom is 0.249 e. The number of benzene rings is 2. The number of fused-ring (bicyclic) bond motifs is 1. The number of likely N-dealkylation sites (N-methyl/N-ethyl adjacent to an activating group) is 1. The van der Waals surface area contributed by atoms with Gasteiger partial charge < -0.3 is 25.0 Å². The quantitative estimate of drug-likeness (QED) is 0.422. The van der Waals surface area contributed by atoms with Gasteiger partial charge in [0.2, 0.25) is 11.9 Å². The van der Waals surface area contributed by atoms with E-state index in [0.29, 0.717) is 23.0 Å². The number of hydrogen-bond acceptors (Lipinski definition) is 8. The molecular weight excluding hydrogens is 430 g/mol. The third-order valence-electron chi connectivity index (χ3n) is 5.82. The molecule has 0 spiro atoms. The van der Waals surface area contributed by atoms with Crippen molar-refractivity contribution in [3.8, 4) is 11.3 Å². The number of nitrogens with zero attached hydrogens (tertiary/aromatic N) is 5. The van der Waals surface area contributed by atoms with Gasteiger partial charge in [0, 0.05) is 60.8 Å². The summed E-state index contributed by atoms with van der Waals surface area (Å²) in [7, 11) is 2.15. The van der Waals surface area contributed by atoms with Crippen LogP contribution in [-0.2, 0) is 4.79 Å². The molecule has 0 atom stereocenters. The number of piperazine rings is 1. The Balaban J connectivity index is 1.37.